The summed E-state index contributed by atoms with van der Waals surface area (Å²) in [4.78, 5) is 13.4. The first-order valence-corrected chi connectivity index (χ1v) is 11.3. The highest BCUT2D eigenvalue weighted by molar-refractivity contribution is 8.00. The van der Waals surface area contributed by atoms with Gasteiger partial charge in [-0.1, -0.05) is 72.3 Å². The zero-order valence-electron chi connectivity index (χ0n) is 16.6. The first kappa shape index (κ1) is 20.6. The van der Waals surface area contributed by atoms with Gasteiger partial charge in [-0.25, -0.2) is 0 Å². The second kappa shape index (κ2) is 9.88. The number of benzene rings is 3. The summed E-state index contributed by atoms with van der Waals surface area (Å²) < 4.78 is 2.23. The molecule has 0 aliphatic rings. The van der Waals surface area contributed by atoms with Gasteiger partial charge in [0.2, 0.25) is 5.91 Å². The van der Waals surface area contributed by atoms with E-state index in [0.29, 0.717) is 12.3 Å². The van der Waals surface area contributed by atoms with Crippen LogP contribution in [0.2, 0.25) is 5.02 Å². The molecule has 0 spiro atoms. The van der Waals surface area contributed by atoms with Gasteiger partial charge in [-0.2, -0.15) is 0 Å². The molecule has 0 fully saturated rings. The van der Waals surface area contributed by atoms with E-state index in [2.05, 4.69) is 40.3 Å². The number of aromatic nitrogens is 1. The van der Waals surface area contributed by atoms with Crippen LogP contribution in [0.3, 0.4) is 0 Å². The van der Waals surface area contributed by atoms with Crippen LogP contribution in [0.5, 0.6) is 0 Å². The Bertz CT molecular complexity index is 1120. The Balaban J connectivity index is 1.39. The topological polar surface area (TPSA) is 34.0 Å². The van der Waals surface area contributed by atoms with Crippen molar-refractivity contribution in [1.82, 2.24) is 9.88 Å². The van der Waals surface area contributed by atoms with E-state index >= 15 is 0 Å². The summed E-state index contributed by atoms with van der Waals surface area (Å²) in [5, 5.41) is 4.94. The van der Waals surface area contributed by atoms with Crippen molar-refractivity contribution in [3.8, 4) is 0 Å². The molecule has 0 aliphatic carbocycles. The van der Waals surface area contributed by atoms with E-state index in [9.17, 15) is 4.79 Å². The van der Waals surface area contributed by atoms with Crippen LogP contribution in [-0.2, 0) is 17.8 Å². The zero-order chi connectivity index (χ0) is 20.8. The summed E-state index contributed by atoms with van der Waals surface area (Å²) in [7, 11) is 0. The number of nitrogens with zero attached hydrogens (tertiary/aromatic N) is 1. The number of thioether (sulfide) groups is 1. The minimum Gasteiger partial charge on any atom is -0.355 e. The molecule has 1 N–H and O–H groups in total. The van der Waals surface area contributed by atoms with Gasteiger partial charge in [-0.15, -0.1) is 11.8 Å². The third kappa shape index (κ3) is 5.26. The highest BCUT2D eigenvalue weighted by atomic mass is 35.5. The lowest BCUT2D eigenvalue weighted by molar-refractivity contribution is -0.118. The van der Waals surface area contributed by atoms with Gasteiger partial charge in [-0.3, -0.25) is 4.79 Å². The molecule has 30 heavy (non-hydrogen) atoms. The molecule has 1 aromatic heterocycles. The monoisotopic (exact) mass is 434 g/mol. The minimum absolute atomic E-state index is 0.0606. The van der Waals surface area contributed by atoms with Crippen LogP contribution in [0.4, 0.5) is 0 Å². The number of hydrogen-bond donors (Lipinski definition) is 1. The Morgan fingerprint density at radius 2 is 1.63 bits per heavy atom. The maximum atomic E-state index is 12.3. The summed E-state index contributed by atoms with van der Waals surface area (Å²) in [6.07, 6.45) is 2.98. The number of nitrogens with one attached hydrogen (secondary N) is 1. The van der Waals surface area contributed by atoms with Gasteiger partial charge >= 0.3 is 0 Å². The van der Waals surface area contributed by atoms with E-state index in [4.69, 9.17) is 11.6 Å². The van der Waals surface area contributed by atoms with Crippen LogP contribution in [0.25, 0.3) is 10.9 Å². The van der Waals surface area contributed by atoms with Crippen LogP contribution in [-0.4, -0.2) is 22.8 Å². The predicted octanol–water partition coefficient (Wildman–Crippen LogP) is 5.79. The first-order chi connectivity index (χ1) is 14.7. The maximum Gasteiger partial charge on any atom is 0.230 e. The molecule has 0 unspecified atom stereocenters. The van der Waals surface area contributed by atoms with Crippen molar-refractivity contribution in [1.29, 1.82) is 0 Å². The molecular weight excluding hydrogens is 412 g/mol. The number of carbonyl (C=O) groups excluding carboxylic acids is 1. The van der Waals surface area contributed by atoms with Crippen molar-refractivity contribution in [3.63, 3.8) is 0 Å². The molecule has 1 amide bonds. The molecule has 4 aromatic rings. The molecule has 0 atom stereocenters. The quantitative estimate of drug-likeness (QED) is 0.356. The molecule has 5 heteroatoms. The van der Waals surface area contributed by atoms with Crippen molar-refractivity contribution in [2.45, 2.75) is 17.9 Å². The van der Waals surface area contributed by atoms with Crippen molar-refractivity contribution in [2.75, 3.05) is 12.3 Å². The van der Waals surface area contributed by atoms with Crippen LogP contribution < -0.4 is 5.32 Å². The van der Waals surface area contributed by atoms with Crippen molar-refractivity contribution < 1.29 is 4.79 Å². The van der Waals surface area contributed by atoms with E-state index in [1.165, 1.54) is 22.0 Å². The van der Waals surface area contributed by atoms with Gasteiger partial charge in [0.05, 0.1) is 5.75 Å². The molecule has 0 saturated carbocycles. The van der Waals surface area contributed by atoms with Gasteiger partial charge in [0, 0.05) is 40.1 Å². The molecule has 1 heterocycles. The van der Waals surface area contributed by atoms with Gasteiger partial charge in [0.25, 0.3) is 0 Å². The Morgan fingerprint density at radius 1 is 0.900 bits per heavy atom. The van der Waals surface area contributed by atoms with E-state index < -0.39 is 0 Å². The van der Waals surface area contributed by atoms with Crippen molar-refractivity contribution in [2.24, 2.45) is 0 Å². The Labute approximate surface area is 186 Å². The zero-order valence-corrected chi connectivity index (χ0v) is 18.1. The molecule has 0 aliphatic heterocycles. The number of para-hydroxylation sites is 1. The second-order valence-electron chi connectivity index (χ2n) is 7.14. The fourth-order valence-corrected chi connectivity index (χ4v) is 4.48. The maximum absolute atomic E-state index is 12.3. The van der Waals surface area contributed by atoms with E-state index in [-0.39, 0.29) is 5.91 Å². The Kier molecular flexibility index (Phi) is 6.77. The molecule has 4 rings (SSSR count). The fraction of sp³-hybridized carbons (Fsp3) is 0.160. The van der Waals surface area contributed by atoms with E-state index in [1.54, 1.807) is 11.8 Å². The minimum atomic E-state index is 0.0606. The number of hydrogen-bond acceptors (Lipinski definition) is 2. The highest BCUT2D eigenvalue weighted by Crippen LogP contribution is 2.30. The van der Waals surface area contributed by atoms with Crippen LogP contribution in [0, 0.1) is 0 Å². The summed E-state index contributed by atoms with van der Waals surface area (Å²) in [6.45, 7) is 1.42. The molecule has 0 saturated heterocycles. The average molecular weight is 435 g/mol. The third-order valence-corrected chi connectivity index (χ3v) is 6.25. The van der Waals surface area contributed by atoms with E-state index in [1.807, 2.05) is 54.6 Å². The summed E-state index contributed by atoms with van der Waals surface area (Å²) in [5.74, 6) is 0.467. The largest absolute Gasteiger partial charge is 0.355 e. The normalized spacial score (nSPS) is 11.0. The van der Waals surface area contributed by atoms with Crippen molar-refractivity contribution >= 4 is 40.2 Å². The standard InChI is InChI=1S/C25H23ClN2OS/c26-21-12-10-20(11-13-21)16-28-17-24(22-8-4-5-9-23(22)28)30-18-25(29)27-15-14-19-6-2-1-3-7-19/h1-13,17H,14-16,18H2,(H,27,29). The Morgan fingerprint density at radius 3 is 2.43 bits per heavy atom. The number of carbonyl (C=O) groups is 1. The van der Waals surface area contributed by atoms with Crippen LogP contribution >= 0.6 is 23.4 Å². The Hall–Kier alpha value is -2.69. The van der Waals surface area contributed by atoms with Gasteiger partial charge in [-0.05, 0) is 35.7 Å². The third-order valence-electron chi connectivity index (χ3n) is 4.96. The molecular formula is C25H23ClN2OS. The summed E-state index contributed by atoms with van der Waals surface area (Å²) in [6, 6.07) is 26.4. The average Bonchev–Trinajstić information content (AvgIpc) is 3.12. The lowest BCUT2D eigenvalue weighted by Crippen LogP contribution is -2.27. The first-order valence-electron chi connectivity index (χ1n) is 9.95. The molecule has 152 valence electrons. The SMILES string of the molecule is O=C(CSc1cn(Cc2ccc(Cl)cc2)c2ccccc12)NCCc1ccccc1. The molecule has 3 nitrogen and oxygen atoms in total. The predicted molar refractivity (Wildman–Crippen MR) is 126 cm³/mol. The lowest BCUT2D eigenvalue weighted by Gasteiger charge is -2.05. The van der Waals surface area contributed by atoms with Gasteiger partial charge in [0.1, 0.15) is 0 Å². The lowest BCUT2D eigenvalue weighted by atomic mass is 10.1. The number of halogens is 1. The van der Waals surface area contributed by atoms with Gasteiger partial charge < -0.3 is 9.88 Å². The molecule has 0 radical (unpaired) electrons. The summed E-state index contributed by atoms with van der Waals surface area (Å²) >= 11 is 7.59. The van der Waals surface area contributed by atoms with Gasteiger partial charge in [0.15, 0.2) is 0 Å². The number of fused-ring (bicyclic) bond motifs is 1. The molecule has 0 bridgehead atoms. The number of rotatable bonds is 8. The second-order valence-corrected chi connectivity index (χ2v) is 8.59. The smallest absolute Gasteiger partial charge is 0.230 e. The molecule has 3 aromatic carbocycles. The highest BCUT2D eigenvalue weighted by Gasteiger charge is 2.11. The van der Waals surface area contributed by atoms with E-state index in [0.717, 1.165) is 22.9 Å². The van der Waals surface area contributed by atoms with Crippen LogP contribution in [0.15, 0.2) is 90.0 Å². The fourth-order valence-electron chi connectivity index (χ4n) is 3.43. The van der Waals surface area contributed by atoms with Crippen molar-refractivity contribution in [3.05, 3.63) is 101 Å². The van der Waals surface area contributed by atoms with Crippen LogP contribution in [0.1, 0.15) is 11.1 Å². The number of amides is 1. The summed E-state index contributed by atoms with van der Waals surface area (Å²) in [5.41, 5.74) is 3.59.